The number of amides is 2. The van der Waals surface area contributed by atoms with Crippen LogP contribution in [0.2, 0.25) is 0 Å². The lowest BCUT2D eigenvalue weighted by molar-refractivity contribution is -0.384. The van der Waals surface area contributed by atoms with Crippen LogP contribution in [-0.2, 0) is 19.6 Å². The van der Waals surface area contributed by atoms with Gasteiger partial charge in [0.25, 0.3) is 17.5 Å². The van der Waals surface area contributed by atoms with Crippen molar-refractivity contribution in [3.8, 4) is 0 Å². The van der Waals surface area contributed by atoms with E-state index in [-0.39, 0.29) is 21.7 Å². The molecule has 1 fully saturated rings. The van der Waals surface area contributed by atoms with Crippen LogP contribution >= 0.6 is 0 Å². The molecule has 1 heterocycles. The molecule has 0 radical (unpaired) electrons. The van der Waals surface area contributed by atoms with Crippen molar-refractivity contribution in [1.29, 1.82) is 0 Å². The van der Waals surface area contributed by atoms with Crippen LogP contribution in [0.15, 0.2) is 53.4 Å². The Morgan fingerprint density at radius 3 is 2.30 bits per heavy atom. The van der Waals surface area contributed by atoms with Crippen molar-refractivity contribution in [1.82, 2.24) is 9.62 Å². The first kappa shape index (κ1) is 24.0. The summed E-state index contributed by atoms with van der Waals surface area (Å²) in [5.41, 5.74) is -0.382. The van der Waals surface area contributed by atoms with Gasteiger partial charge >= 0.3 is 5.97 Å². The lowest BCUT2D eigenvalue weighted by atomic mass is 10.2. The first-order valence-electron chi connectivity index (χ1n) is 10.0. The van der Waals surface area contributed by atoms with Crippen molar-refractivity contribution in [3.05, 3.63) is 69.8 Å². The highest BCUT2D eigenvalue weighted by Crippen LogP contribution is 2.21. The predicted molar refractivity (Wildman–Crippen MR) is 115 cm³/mol. The van der Waals surface area contributed by atoms with Crippen LogP contribution in [0.25, 0.3) is 0 Å². The summed E-state index contributed by atoms with van der Waals surface area (Å²) in [6.07, 6.45) is 2.59. The number of nitrogens with one attached hydrogen (secondary N) is 1. The molecule has 1 saturated heterocycles. The number of nitro groups is 1. The van der Waals surface area contributed by atoms with E-state index >= 15 is 0 Å². The Balaban J connectivity index is 1.55. The van der Waals surface area contributed by atoms with Gasteiger partial charge in [-0.05, 0) is 43.2 Å². The first-order valence-corrected chi connectivity index (χ1v) is 11.5. The molecule has 0 atom stereocenters. The molecule has 0 bridgehead atoms. The quantitative estimate of drug-likeness (QED) is 0.362. The minimum absolute atomic E-state index is 0.0328. The molecule has 0 aliphatic carbocycles. The minimum Gasteiger partial charge on any atom is -0.452 e. The maximum absolute atomic E-state index is 12.6. The molecule has 0 unspecified atom stereocenters. The maximum atomic E-state index is 12.6. The molecule has 33 heavy (non-hydrogen) atoms. The molecule has 2 amide bonds. The van der Waals surface area contributed by atoms with Gasteiger partial charge in [-0.25, -0.2) is 13.2 Å². The largest absolute Gasteiger partial charge is 0.452 e. The summed E-state index contributed by atoms with van der Waals surface area (Å²) in [4.78, 5) is 46.3. The van der Waals surface area contributed by atoms with Crippen LogP contribution < -0.4 is 5.32 Å². The van der Waals surface area contributed by atoms with E-state index in [0.29, 0.717) is 13.1 Å². The van der Waals surface area contributed by atoms with Gasteiger partial charge in [0.2, 0.25) is 10.0 Å². The lowest BCUT2D eigenvalue weighted by Gasteiger charge is -2.25. The molecule has 3 rings (SSSR count). The molecule has 11 nitrogen and oxygen atoms in total. The Morgan fingerprint density at radius 1 is 1.00 bits per heavy atom. The number of carbonyl (C=O) groups excluding carboxylic acids is 3. The summed E-state index contributed by atoms with van der Waals surface area (Å²) in [5.74, 6) is -2.69. The third-order valence-electron chi connectivity index (χ3n) is 4.95. The predicted octanol–water partition coefficient (Wildman–Crippen LogP) is 1.88. The zero-order valence-corrected chi connectivity index (χ0v) is 18.2. The van der Waals surface area contributed by atoms with E-state index in [2.05, 4.69) is 0 Å². The zero-order valence-electron chi connectivity index (χ0n) is 17.4. The fourth-order valence-electron chi connectivity index (χ4n) is 3.23. The average Bonchev–Trinajstić information content (AvgIpc) is 2.83. The second kappa shape index (κ2) is 10.3. The Bertz CT molecular complexity index is 1170. The molecular weight excluding hydrogens is 454 g/mol. The van der Waals surface area contributed by atoms with E-state index in [1.165, 1.54) is 46.8 Å². The Labute approximate surface area is 189 Å². The number of hydrogen-bond acceptors (Lipinski definition) is 8. The van der Waals surface area contributed by atoms with Gasteiger partial charge in [-0.3, -0.25) is 25.0 Å². The molecule has 2 aromatic rings. The number of non-ortho nitro benzene ring substituents is 1. The number of piperidine rings is 1. The summed E-state index contributed by atoms with van der Waals surface area (Å²) in [5, 5.41) is 12.8. The van der Waals surface area contributed by atoms with Gasteiger partial charge in [0.1, 0.15) is 0 Å². The second-order valence-electron chi connectivity index (χ2n) is 7.25. The van der Waals surface area contributed by atoms with Crippen molar-refractivity contribution in [2.75, 3.05) is 19.7 Å². The maximum Gasteiger partial charge on any atom is 0.338 e. The number of sulfonamides is 1. The van der Waals surface area contributed by atoms with Gasteiger partial charge in [-0.15, -0.1) is 0 Å². The highest BCUT2D eigenvalue weighted by molar-refractivity contribution is 7.89. The summed E-state index contributed by atoms with van der Waals surface area (Å²) in [6.45, 7) is 0.139. The second-order valence-corrected chi connectivity index (χ2v) is 9.19. The Morgan fingerprint density at radius 2 is 1.67 bits per heavy atom. The number of esters is 1. The van der Waals surface area contributed by atoms with Gasteiger partial charge in [0, 0.05) is 30.8 Å². The van der Waals surface area contributed by atoms with Crippen LogP contribution in [0, 0.1) is 10.1 Å². The molecule has 0 aromatic heterocycles. The van der Waals surface area contributed by atoms with Crippen molar-refractivity contribution < 1.29 is 32.5 Å². The van der Waals surface area contributed by atoms with Gasteiger partial charge in [-0.1, -0.05) is 12.5 Å². The molecule has 12 heteroatoms. The molecule has 0 saturated carbocycles. The van der Waals surface area contributed by atoms with Crippen LogP contribution in [0.3, 0.4) is 0 Å². The molecule has 174 valence electrons. The normalized spacial score (nSPS) is 14.3. The fraction of sp³-hybridized carbons (Fsp3) is 0.286. The molecule has 2 aromatic carbocycles. The highest BCUT2D eigenvalue weighted by atomic mass is 32.2. The van der Waals surface area contributed by atoms with Gasteiger partial charge < -0.3 is 4.74 Å². The standard InChI is InChI=1S/C21H21N3O8S/c25-19(22-20(26)16-5-4-6-17(13-16)24(28)29)14-32-21(27)15-7-9-18(10-8-15)33(30,31)23-11-2-1-3-12-23/h4-10,13H,1-3,11-12,14H2,(H,22,25,26). The third-order valence-corrected chi connectivity index (χ3v) is 6.86. The number of nitrogens with zero attached hydrogens (tertiary/aromatic N) is 2. The minimum atomic E-state index is -3.64. The van der Waals surface area contributed by atoms with Crippen molar-refractivity contribution in [2.45, 2.75) is 24.2 Å². The molecule has 0 spiro atoms. The summed E-state index contributed by atoms with van der Waals surface area (Å²) in [7, 11) is -3.64. The van der Waals surface area contributed by atoms with Crippen molar-refractivity contribution in [2.24, 2.45) is 0 Å². The van der Waals surface area contributed by atoms with Crippen LogP contribution in [0.1, 0.15) is 40.0 Å². The number of imide groups is 1. The van der Waals surface area contributed by atoms with E-state index < -0.39 is 39.3 Å². The number of hydrogen-bond donors (Lipinski definition) is 1. The molecule has 1 aliphatic heterocycles. The van der Waals surface area contributed by atoms with E-state index in [4.69, 9.17) is 4.74 Å². The number of ether oxygens (including phenoxy) is 1. The summed E-state index contributed by atoms with van der Waals surface area (Å²) < 4.78 is 31.6. The SMILES string of the molecule is O=C(COC(=O)c1ccc(S(=O)(=O)N2CCCCC2)cc1)NC(=O)c1cccc([N+](=O)[O-])c1. The van der Waals surface area contributed by atoms with Gasteiger partial charge in [0.05, 0.1) is 15.4 Å². The lowest BCUT2D eigenvalue weighted by Crippen LogP contribution is -2.35. The highest BCUT2D eigenvalue weighted by Gasteiger charge is 2.26. The molecule has 1 N–H and O–H groups in total. The Kier molecular flexibility index (Phi) is 7.51. The van der Waals surface area contributed by atoms with Crippen molar-refractivity contribution in [3.63, 3.8) is 0 Å². The zero-order chi connectivity index (χ0) is 24.0. The summed E-state index contributed by atoms with van der Waals surface area (Å²) >= 11 is 0. The van der Waals surface area contributed by atoms with Crippen LogP contribution in [0.4, 0.5) is 5.69 Å². The first-order chi connectivity index (χ1) is 15.7. The fourth-order valence-corrected chi connectivity index (χ4v) is 4.74. The van der Waals surface area contributed by atoms with Gasteiger partial charge in [-0.2, -0.15) is 4.31 Å². The van der Waals surface area contributed by atoms with E-state index in [0.717, 1.165) is 25.3 Å². The Hall–Kier alpha value is -3.64. The van der Waals surface area contributed by atoms with Crippen LogP contribution in [-0.4, -0.2) is 55.1 Å². The van der Waals surface area contributed by atoms with E-state index in [1.807, 2.05) is 5.32 Å². The van der Waals surface area contributed by atoms with E-state index in [1.54, 1.807) is 0 Å². The summed E-state index contributed by atoms with van der Waals surface area (Å²) in [6, 6.07) is 9.96. The van der Waals surface area contributed by atoms with Crippen LogP contribution in [0.5, 0.6) is 0 Å². The van der Waals surface area contributed by atoms with E-state index in [9.17, 15) is 32.9 Å². The number of carbonyl (C=O) groups is 3. The average molecular weight is 475 g/mol. The third kappa shape index (κ3) is 5.99. The monoisotopic (exact) mass is 475 g/mol. The van der Waals surface area contributed by atoms with Gasteiger partial charge in [0.15, 0.2) is 6.61 Å². The topological polar surface area (TPSA) is 153 Å². The van der Waals surface area contributed by atoms with Crippen molar-refractivity contribution >= 4 is 33.5 Å². The smallest absolute Gasteiger partial charge is 0.338 e. The number of rotatable bonds is 7. The number of benzene rings is 2. The molecular formula is C21H21N3O8S. The number of nitro benzene ring substituents is 1. The molecule has 1 aliphatic rings.